The third-order valence-electron chi connectivity index (χ3n) is 3.11. The number of halogens is 1. The Hall–Kier alpha value is -0.970. The average Bonchev–Trinajstić information content (AvgIpc) is 2.43. The van der Waals surface area contributed by atoms with Gasteiger partial charge in [0, 0.05) is 6.54 Å². The van der Waals surface area contributed by atoms with Crippen LogP contribution in [0.25, 0.3) is 0 Å². The van der Waals surface area contributed by atoms with Crippen LogP contribution >= 0.6 is 11.6 Å². The number of aliphatic hydroxyl groups excluding tert-OH is 1. The normalized spacial score (nSPS) is 15.3. The number of aliphatic hydroxyl groups is 1. The highest BCUT2D eigenvalue weighted by Crippen LogP contribution is 2.38. The molecule has 0 amide bonds. The van der Waals surface area contributed by atoms with E-state index in [2.05, 4.69) is 5.32 Å². The van der Waals surface area contributed by atoms with Crippen molar-refractivity contribution in [2.24, 2.45) is 0 Å². The van der Waals surface area contributed by atoms with E-state index in [0.717, 1.165) is 24.9 Å². The second-order valence-corrected chi connectivity index (χ2v) is 5.04. The minimum atomic E-state index is -0.226. The maximum Gasteiger partial charge on any atom is 0.179 e. The zero-order valence-corrected chi connectivity index (χ0v) is 11.9. The second kappa shape index (κ2) is 6.98. The zero-order chi connectivity index (χ0) is 13.7. The van der Waals surface area contributed by atoms with Gasteiger partial charge in [-0.15, -0.1) is 0 Å². The van der Waals surface area contributed by atoms with Crippen molar-refractivity contribution >= 4 is 11.6 Å². The van der Waals surface area contributed by atoms with Gasteiger partial charge in [-0.2, -0.15) is 0 Å². The third kappa shape index (κ3) is 4.00. The van der Waals surface area contributed by atoms with Gasteiger partial charge in [0.05, 0.1) is 11.1 Å². The molecule has 0 radical (unpaired) electrons. The van der Waals surface area contributed by atoms with E-state index in [1.54, 1.807) is 0 Å². The summed E-state index contributed by atoms with van der Waals surface area (Å²) in [5.41, 5.74) is 1.06. The molecule has 0 spiro atoms. The van der Waals surface area contributed by atoms with Crippen LogP contribution in [0.4, 0.5) is 0 Å². The van der Waals surface area contributed by atoms with E-state index >= 15 is 0 Å². The number of benzene rings is 1. The lowest BCUT2D eigenvalue weighted by Gasteiger charge is -2.20. The minimum absolute atomic E-state index is 0.226. The largest absolute Gasteiger partial charge is 0.486 e. The smallest absolute Gasteiger partial charge is 0.179 e. The Kier molecular flexibility index (Phi) is 5.31. The fourth-order valence-corrected chi connectivity index (χ4v) is 2.26. The summed E-state index contributed by atoms with van der Waals surface area (Å²) in [4.78, 5) is 0. The Morgan fingerprint density at radius 1 is 1.37 bits per heavy atom. The van der Waals surface area contributed by atoms with Gasteiger partial charge in [0.1, 0.15) is 13.2 Å². The van der Waals surface area contributed by atoms with Gasteiger partial charge in [0.2, 0.25) is 0 Å². The summed E-state index contributed by atoms with van der Waals surface area (Å²) in [6.07, 6.45) is 1.32. The van der Waals surface area contributed by atoms with E-state index < -0.39 is 0 Å². The molecule has 5 heteroatoms. The third-order valence-corrected chi connectivity index (χ3v) is 3.39. The van der Waals surface area contributed by atoms with Gasteiger partial charge >= 0.3 is 0 Å². The second-order valence-electron chi connectivity index (χ2n) is 4.63. The van der Waals surface area contributed by atoms with E-state index in [-0.39, 0.29) is 6.10 Å². The molecule has 1 aromatic carbocycles. The fraction of sp³-hybridized carbons (Fsp3) is 0.571. The number of hydrogen-bond donors (Lipinski definition) is 2. The minimum Gasteiger partial charge on any atom is -0.486 e. The molecule has 19 heavy (non-hydrogen) atoms. The SMILES string of the molecule is CCC(O)CCNCc1cc(Cl)c2c(c1)OCCO2. The number of nitrogens with one attached hydrogen (secondary N) is 1. The number of hydrogen-bond acceptors (Lipinski definition) is 4. The van der Waals surface area contributed by atoms with E-state index in [9.17, 15) is 5.11 Å². The van der Waals surface area contributed by atoms with Crippen LogP contribution in [0, 0.1) is 0 Å². The number of fused-ring (bicyclic) bond motifs is 1. The first-order valence-electron chi connectivity index (χ1n) is 6.67. The highest BCUT2D eigenvalue weighted by Gasteiger charge is 2.16. The Labute approximate surface area is 118 Å². The fourth-order valence-electron chi connectivity index (χ4n) is 1.97. The first-order valence-corrected chi connectivity index (χ1v) is 7.05. The molecule has 2 rings (SSSR count). The summed E-state index contributed by atoms with van der Waals surface area (Å²) in [6.45, 7) is 4.56. The lowest BCUT2D eigenvalue weighted by molar-refractivity contribution is 0.159. The molecule has 2 N–H and O–H groups in total. The molecule has 1 aliphatic rings. The average molecular weight is 286 g/mol. The van der Waals surface area contributed by atoms with Crippen LogP contribution in [0.3, 0.4) is 0 Å². The van der Waals surface area contributed by atoms with Gasteiger partial charge in [-0.05, 0) is 37.1 Å². The van der Waals surface area contributed by atoms with Gasteiger partial charge in [0.15, 0.2) is 11.5 Å². The van der Waals surface area contributed by atoms with Gasteiger partial charge in [-0.1, -0.05) is 18.5 Å². The zero-order valence-electron chi connectivity index (χ0n) is 11.1. The molecule has 1 aromatic rings. The van der Waals surface area contributed by atoms with Crippen molar-refractivity contribution in [2.45, 2.75) is 32.4 Å². The highest BCUT2D eigenvalue weighted by molar-refractivity contribution is 6.32. The van der Waals surface area contributed by atoms with Crippen LogP contribution in [-0.4, -0.2) is 31.0 Å². The lowest BCUT2D eigenvalue weighted by Crippen LogP contribution is -2.20. The van der Waals surface area contributed by atoms with E-state index in [0.29, 0.717) is 36.3 Å². The Morgan fingerprint density at radius 3 is 2.95 bits per heavy atom. The van der Waals surface area contributed by atoms with Gasteiger partial charge in [-0.3, -0.25) is 0 Å². The van der Waals surface area contributed by atoms with Crippen LogP contribution in [0.1, 0.15) is 25.3 Å². The van der Waals surface area contributed by atoms with E-state index in [4.69, 9.17) is 21.1 Å². The molecule has 0 bridgehead atoms. The maximum absolute atomic E-state index is 9.46. The quantitative estimate of drug-likeness (QED) is 0.788. The maximum atomic E-state index is 9.46. The molecule has 4 nitrogen and oxygen atoms in total. The predicted molar refractivity (Wildman–Crippen MR) is 75.1 cm³/mol. The van der Waals surface area contributed by atoms with Gasteiger partial charge < -0.3 is 19.9 Å². The van der Waals surface area contributed by atoms with Crippen LogP contribution < -0.4 is 14.8 Å². The van der Waals surface area contributed by atoms with Gasteiger partial charge in [0.25, 0.3) is 0 Å². The summed E-state index contributed by atoms with van der Waals surface area (Å²) in [7, 11) is 0. The lowest BCUT2D eigenvalue weighted by atomic mass is 10.1. The summed E-state index contributed by atoms with van der Waals surface area (Å²) in [5, 5.41) is 13.3. The summed E-state index contributed by atoms with van der Waals surface area (Å²) < 4.78 is 11.0. The molecule has 106 valence electrons. The van der Waals surface area contributed by atoms with E-state index in [1.165, 1.54) is 0 Å². The van der Waals surface area contributed by atoms with Crippen molar-refractivity contribution in [3.05, 3.63) is 22.7 Å². The van der Waals surface area contributed by atoms with Gasteiger partial charge in [-0.25, -0.2) is 0 Å². The summed E-state index contributed by atoms with van der Waals surface area (Å²) in [6, 6.07) is 3.84. The summed E-state index contributed by atoms with van der Waals surface area (Å²) in [5.74, 6) is 1.35. The van der Waals surface area contributed by atoms with Crippen LogP contribution in [0.2, 0.25) is 5.02 Å². The number of ether oxygens (including phenoxy) is 2. The first kappa shape index (κ1) is 14.4. The van der Waals surface area contributed by atoms with Crippen molar-refractivity contribution in [1.29, 1.82) is 0 Å². The Balaban J connectivity index is 1.89. The molecule has 0 aromatic heterocycles. The number of rotatable bonds is 6. The van der Waals surface area contributed by atoms with Crippen LogP contribution in [0.15, 0.2) is 12.1 Å². The van der Waals surface area contributed by atoms with Crippen molar-refractivity contribution in [2.75, 3.05) is 19.8 Å². The molecule has 1 unspecified atom stereocenters. The van der Waals surface area contributed by atoms with Crippen molar-refractivity contribution < 1.29 is 14.6 Å². The molecule has 0 fully saturated rings. The Morgan fingerprint density at radius 2 is 2.16 bits per heavy atom. The molecular weight excluding hydrogens is 266 g/mol. The molecule has 1 aliphatic heterocycles. The first-order chi connectivity index (χ1) is 9.20. The standard InChI is InChI=1S/C14H20ClNO3/c1-2-11(17)3-4-16-9-10-7-12(15)14-13(8-10)18-5-6-19-14/h7-8,11,16-17H,2-6,9H2,1H3. The van der Waals surface area contributed by atoms with Crippen molar-refractivity contribution in [3.63, 3.8) is 0 Å². The van der Waals surface area contributed by atoms with Crippen molar-refractivity contribution in [1.82, 2.24) is 5.32 Å². The molecule has 0 aliphatic carbocycles. The Bertz CT molecular complexity index is 425. The molecule has 1 heterocycles. The molecule has 0 saturated heterocycles. The monoisotopic (exact) mass is 285 g/mol. The van der Waals surface area contributed by atoms with Crippen molar-refractivity contribution in [3.8, 4) is 11.5 Å². The van der Waals surface area contributed by atoms with Crippen LogP contribution in [0.5, 0.6) is 11.5 Å². The topological polar surface area (TPSA) is 50.7 Å². The molecule has 1 atom stereocenters. The predicted octanol–water partition coefficient (Wildman–Crippen LogP) is 2.36. The molecular formula is C14H20ClNO3. The van der Waals surface area contributed by atoms with Crippen LogP contribution in [-0.2, 0) is 6.54 Å². The molecule has 0 saturated carbocycles. The highest BCUT2D eigenvalue weighted by atomic mass is 35.5. The summed E-state index contributed by atoms with van der Waals surface area (Å²) >= 11 is 6.16. The van der Waals surface area contributed by atoms with E-state index in [1.807, 2.05) is 19.1 Å².